The largest absolute Gasteiger partial charge is 0.481 e. The fraction of sp³-hybridized carbons (Fsp3) is 0.538. The number of halogens is 3. The van der Waals surface area contributed by atoms with E-state index >= 15 is 0 Å². The van der Waals surface area contributed by atoms with E-state index in [2.05, 4.69) is 33.6 Å². The van der Waals surface area contributed by atoms with Crippen LogP contribution in [0.1, 0.15) is 64.0 Å². The van der Waals surface area contributed by atoms with Crippen molar-refractivity contribution in [2.24, 2.45) is 5.41 Å². The first-order valence-corrected chi connectivity index (χ1v) is 18.3. The quantitative estimate of drug-likeness (QED) is 0.204. The van der Waals surface area contributed by atoms with E-state index in [0.717, 1.165) is 61.7 Å². The summed E-state index contributed by atoms with van der Waals surface area (Å²) < 4.78 is 59.9. The Morgan fingerprint density at radius 3 is 2.51 bits per heavy atom. The number of piperidine rings is 1. The molecule has 0 radical (unpaired) electrons. The van der Waals surface area contributed by atoms with Crippen LogP contribution in [0.5, 0.6) is 11.8 Å². The fourth-order valence-electron chi connectivity index (χ4n) is 7.89. The number of hydrogen-bond donors (Lipinski definition) is 1. The Morgan fingerprint density at radius 1 is 1.06 bits per heavy atom. The van der Waals surface area contributed by atoms with Gasteiger partial charge in [-0.25, -0.2) is 4.79 Å². The van der Waals surface area contributed by atoms with E-state index in [1.165, 1.54) is 0 Å². The molecule has 3 aliphatic heterocycles. The fourth-order valence-corrected chi connectivity index (χ4v) is 7.89. The van der Waals surface area contributed by atoms with E-state index in [0.29, 0.717) is 54.1 Å². The molecule has 3 fully saturated rings. The van der Waals surface area contributed by atoms with Gasteiger partial charge in [0.2, 0.25) is 0 Å². The third-order valence-electron chi connectivity index (χ3n) is 10.6. The van der Waals surface area contributed by atoms with Gasteiger partial charge in [-0.15, -0.1) is 0 Å². The number of carbonyl (C=O) groups excluding carboxylic acids is 1. The second-order valence-electron chi connectivity index (χ2n) is 15.9. The summed E-state index contributed by atoms with van der Waals surface area (Å²) in [6.45, 7) is 14.3. The van der Waals surface area contributed by atoms with Crippen molar-refractivity contribution in [3.05, 3.63) is 42.1 Å². The summed E-state index contributed by atoms with van der Waals surface area (Å²) in [5.74, 6) is 0.555. The van der Waals surface area contributed by atoms with Gasteiger partial charge in [0.15, 0.2) is 12.4 Å². The zero-order valence-electron chi connectivity index (χ0n) is 31.1. The predicted molar refractivity (Wildman–Crippen MR) is 198 cm³/mol. The molecule has 1 spiro atoms. The number of aromatic nitrogens is 4. The molecule has 0 bridgehead atoms. The van der Waals surface area contributed by atoms with Gasteiger partial charge in [0.05, 0.1) is 11.7 Å². The molecule has 1 atom stereocenters. The van der Waals surface area contributed by atoms with E-state index < -0.39 is 18.4 Å². The molecule has 2 aromatic heterocycles. The lowest BCUT2D eigenvalue weighted by Crippen LogP contribution is -2.62. The number of anilines is 1. The second kappa shape index (κ2) is 14.0. The number of benzene rings is 2. The van der Waals surface area contributed by atoms with Crippen LogP contribution in [0.15, 0.2) is 31.0 Å². The average molecular weight is 736 g/mol. The predicted octanol–water partition coefficient (Wildman–Crippen LogP) is 7.77. The molecule has 53 heavy (non-hydrogen) atoms. The topological polar surface area (TPSA) is 109 Å². The molecule has 2 aromatic carbocycles. The zero-order valence-corrected chi connectivity index (χ0v) is 31.1. The van der Waals surface area contributed by atoms with Crippen molar-refractivity contribution in [1.82, 2.24) is 30.0 Å². The van der Waals surface area contributed by atoms with Crippen LogP contribution in [0, 0.1) is 12.3 Å². The van der Waals surface area contributed by atoms with Gasteiger partial charge in [-0.3, -0.25) is 5.10 Å². The van der Waals surface area contributed by atoms with Crippen LogP contribution in [0.25, 0.3) is 39.0 Å². The lowest BCUT2D eigenvalue weighted by atomic mass is 9.72. The molecule has 14 heteroatoms. The first-order valence-electron chi connectivity index (χ1n) is 18.3. The second-order valence-corrected chi connectivity index (χ2v) is 15.9. The maximum Gasteiger partial charge on any atom is 0.422 e. The minimum atomic E-state index is -4.61. The number of hydrogen-bond acceptors (Lipinski definition) is 9. The number of carbonyl (C=O) groups is 1. The summed E-state index contributed by atoms with van der Waals surface area (Å²) in [7, 11) is 2.08. The highest BCUT2D eigenvalue weighted by Crippen LogP contribution is 2.48. The maximum atomic E-state index is 14.0. The summed E-state index contributed by atoms with van der Waals surface area (Å²) >= 11 is 0. The van der Waals surface area contributed by atoms with Crippen molar-refractivity contribution in [3.63, 3.8) is 0 Å². The van der Waals surface area contributed by atoms with Crippen molar-refractivity contribution in [3.8, 4) is 22.9 Å². The van der Waals surface area contributed by atoms with Crippen LogP contribution in [-0.2, 0) is 4.74 Å². The molecule has 7 rings (SSSR count). The Kier molecular flexibility index (Phi) is 9.71. The molecule has 5 heterocycles. The number of amides is 1. The Labute approximate surface area is 307 Å². The molecule has 0 saturated carbocycles. The van der Waals surface area contributed by atoms with Crippen molar-refractivity contribution < 1.29 is 32.2 Å². The Bertz CT molecular complexity index is 2010. The van der Waals surface area contributed by atoms with Gasteiger partial charge >= 0.3 is 18.3 Å². The first kappa shape index (κ1) is 36.8. The van der Waals surface area contributed by atoms with E-state index in [4.69, 9.17) is 24.2 Å². The van der Waals surface area contributed by atoms with Crippen LogP contribution in [0.3, 0.4) is 0 Å². The molecule has 1 unspecified atom stereocenters. The lowest BCUT2D eigenvalue weighted by molar-refractivity contribution is -0.153. The molecule has 4 aromatic rings. The summed E-state index contributed by atoms with van der Waals surface area (Å²) in [4.78, 5) is 28.7. The normalized spacial score (nSPS) is 19.7. The highest BCUT2D eigenvalue weighted by molar-refractivity contribution is 6.07. The number of aryl methyl sites for hydroxylation is 1. The minimum absolute atomic E-state index is 0.0129. The van der Waals surface area contributed by atoms with Gasteiger partial charge in [0, 0.05) is 54.5 Å². The average Bonchev–Trinajstić information content (AvgIpc) is 3.46. The molecule has 3 aliphatic rings. The van der Waals surface area contributed by atoms with Gasteiger partial charge in [-0.2, -0.15) is 28.2 Å². The molecule has 11 nitrogen and oxygen atoms in total. The summed E-state index contributed by atoms with van der Waals surface area (Å²) in [6, 6.07) is 5.79. The molecule has 284 valence electrons. The number of aromatic amines is 1. The van der Waals surface area contributed by atoms with Gasteiger partial charge in [0.25, 0.3) is 0 Å². The Morgan fingerprint density at radius 2 is 1.81 bits per heavy atom. The molecule has 1 N–H and O–H groups in total. The number of nitrogens with zero attached hydrogens (tertiary/aromatic N) is 6. The monoisotopic (exact) mass is 735 g/mol. The first-order chi connectivity index (χ1) is 25.1. The SMILES string of the molecule is C=Cc1cc2c(N3CCC4(CC3)CN(C(=O)OC(C)(C)C)C4)nc(OC3CCCN(C)CC3)nc2c(OCC(F)(F)F)c1-c1c(C)ccc2[nH]ncc12. The number of alkyl halides is 3. The number of nitrogens with one attached hydrogen (secondary N) is 1. The van der Waals surface area contributed by atoms with Gasteiger partial charge in [0.1, 0.15) is 23.0 Å². The van der Waals surface area contributed by atoms with Crippen LogP contribution in [0.4, 0.5) is 23.8 Å². The minimum Gasteiger partial charge on any atom is -0.481 e. The Hall–Kier alpha value is -4.59. The number of likely N-dealkylation sites (tertiary alicyclic amines) is 2. The van der Waals surface area contributed by atoms with Crippen LogP contribution < -0.4 is 14.4 Å². The van der Waals surface area contributed by atoms with E-state index in [-0.39, 0.29) is 34.9 Å². The zero-order chi connectivity index (χ0) is 37.7. The summed E-state index contributed by atoms with van der Waals surface area (Å²) in [6.07, 6.45) is 2.35. The van der Waals surface area contributed by atoms with E-state index in [9.17, 15) is 18.0 Å². The smallest absolute Gasteiger partial charge is 0.422 e. The lowest BCUT2D eigenvalue weighted by Gasteiger charge is -2.53. The number of rotatable bonds is 7. The van der Waals surface area contributed by atoms with Crippen molar-refractivity contribution in [2.45, 2.75) is 77.7 Å². The molecule has 1 amide bonds. The highest BCUT2D eigenvalue weighted by Gasteiger charge is 2.48. The van der Waals surface area contributed by atoms with Gasteiger partial charge < -0.3 is 28.9 Å². The van der Waals surface area contributed by atoms with Crippen LogP contribution in [0.2, 0.25) is 0 Å². The highest BCUT2D eigenvalue weighted by atomic mass is 19.4. The number of ether oxygens (including phenoxy) is 3. The molecular formula is C39H48F3N7O4. The third-order valence-corrected chi connectivity index (χ3v) is 10.6. The molecule has 3 saturated heterocycles. The Balaban J connectivity index is 1.33. The summed E-state index contributed by atoms with van der Waals surface area (Å²) in [5, 5.41) is 8.48. The van der Waals surface area contributed by atoms with Crippen molar-refractivity contribution in [2.75, 3.05) is 57.8 Å². The van der Waals surface area contributed by atoms with Crippen LogP contribution in [-0.4, -0.2) is 107 Å². The van der Waals surface area contributed by atoms with Gasteiger partial charge in [-0.1, -0.05) is 18.7 Å². The van der Waals surface area contributed by atoms with Gasteiger partial charge in [-0.05, 0) is 102 Å². The van der Waals surface area contributed by atoms with Crippen molar-refractivity contribution in [1.29, 1.82) is 0 Å². The van der Waals surface area contributed by atoms with Crippen LogP contribution >= 0.6 is 0 Å². The standard InChI is InChI=1S/C39H48F3N7O4/c1-7-25-19-27-32(33(51-23-39(40,41)42)31(25)30-24(2)10-11-29-28(30)20-43-46-29)44-35(52-26-9-8-15-47(6)16-12-26)45-34(27)48-17-13-38(14-18-48)21-49(22-38)36(50)53-37(3,4)5/h7,10-11,19-20,26H,1,8-9,12-18,21-23H2,2-6H3,(H,43,46). The maximum absolute atomic E-state index is 14.0. The molecular weight excluding hydrogens is 687 g/mol. The van der Waals surface area contributed by atoms with E-state index in [1.807, 2.05) is 45.9 Å². The van der Waals surface area contributed by atoms with Crippen molar-refractivity contribution >= 4 is 39.8 Å². The summed E-state index contributed by atoms with van der Waals surface area (Å²) in [5.41, 5.74) is 2.90. The third kappa shape index (κ3) is 7.74. The number of H-pyrrole nitrogens is 1. The number of fused-ring (bicyclic) bond motifs is 2. The molecule has 0 aliphatic carbocycles. The van der Waals surface area contributed by atoms with E-state index in [1.54, 1.807) is 17.2 Å².